The molecule has 0 fully saturated rings. The number of hydrogen-bond donors (Lipinski definition) is 6. The van der Waals surface area contributed by atoms with Gasteiger partial charge in [0.25, 0.3) is 0 Å². The van der Waals surface area contributed by atoms with Crippen LogP contribution in [0.2, 0.25) is 0 Å². The molecule has 32 heavy (non-hydrogen) atoms. The van der Waals surface area contributed by atoms with E-state index < -0.39 is 46.4 Å². The van der Waals surface area contributed by atoms with Gasteiger partial charge in [0.1, 0.15) is 11.5 Å². The van der Waals surface area contributed by atoms with Crippen LogP contribution in [0.1, 0.15) is 11.1 Å². The van der Waals surface area contributed by atoms with Crippen molar-refractivity contribution >= 4 is 11.9 Å². The maximum absolute atomic E-state index is 12.1. The number of hydrogen-bond acceptors (Lipinski definition) is 10. The molecule has 0 aliphatic rings. The number of ether oxygens (including phenoxy) is 2. The van der Waals surface area contributed by atoms with Crippen LogP contribution in [0.3, 0.4) is 0 Å². The Bertz CT molecular complexity index is 1030. The molecule has 0 amide bonds. The molecule has 0 bridgehead atoms. The number of carbonyl (C=O) groups excluding carboxylic acids is 2. The summed E-state index contributed by atoms with van der Waals surface area (Å²) in [6.07, 6.45) is -0.279. The standard InChI is InChI=1S/C22H18O10/c23-15-7-13(8-16(24)21(15)29)31-19(27)5-11-1-2-12(4-3-11)6-20(28)32-14-9-17(25)22(30)18(26)10-14/h1-4,7-10,23-26,29-30H,5-6H2. The number of phenolic OH excluding ortho intramolecular Hbond substituents is 6. The highest BCUT2D eigenvalue weighted by Gasteiger charge is 2.14. The zero-order valence-electron chi connectivity index (χ0n) is 16.3. The molecule has 0 saturated heterocycles. The summed E-state index contributed by atoms with van der Waals surface area (Å²) in [7, 11) is 0. The van der Waals surface area contributed by atoms with Gasteiger partial charge >= 0.3 is 11.9 Å². The normalized spacial score (nSPS) is 10.5. The Balaban J connectivity index is 1.56. The van der Waals surface area contributed by atoms with Gasteiger partial charge in [-0.05, 0) is 11.1 Å². The minimum Gasteiger partial charge on any atom is -0.504 e. The number of esters is 2. The van der Waals surface area contributed by atoms with Crippen molar-refractivity contribution in [2.24, 2.45) is 0 Å². The van der Waals surface area contributed by atoms with Crippen molar-refractivity contribution in [2.75, 3.05) is 0 Å². The number of rotatable bonds is 6. The summed E-state index contributed by atoms with van der Waals surface area (Å²) in [6.45, 7) is 0. The van der Waals surface area contributed by atoms with Crippen LogP contribution >= 0.6 is 0 Å². The number of carbonyl (C=O) groups is 2. The molecule has 6 N–H and O–H groups in total. The van der Waals surface area contributed by atoms with Gasteiger partial charge < -0.3 is 40.1 Å². The first-order chi connectivity index (χ1) is 15.1. The Hall–Kier alpha value is -4.60. The van der Waals surface area contributed by atoms with Gasteiger partial charge in [0.05, 0.1) is 12.8 Å². The van der Waals surface area contributed by atoms with Gasteiger partial charge in [-0.2, -0.15) is 0 Å². The average molecular weight is 442 g/mol. The van der Waals surface area contributed by atoms with Gasteiger partial charge in [0, 0.05) is 24.3 Å². The minimum absolute atomic E-state index is 0.140. The second-order valence-corrected chi connectivity index (χ2v) is 6.74. The van der Waals surface area contributed by atoms with Crippen LogP contribution < -0.4 is 9.47 Å². The second kappa shape index (κ2) is 9.04. The number of benzene rings is 3. The van der Waals surface area contributed by atoms with Crippen LogP contribution in [0.15, 0.2) is 48.5 Å². The van der Waals surface area contributed by atoms with E-state index in [0.717, 1.165) is 24.3 Å². The Morgan fingerprint density at radius 1 is 0.562 bits per heavy atom. The number of aromatic hydroxyl groups is 6. The molecule has 10 heteroatoms. The molecule has 0 spiro atoms. The van der Waals surface area contributed by atoms with Crippen LogP contribution in [-0.2, 0) is 22.4 Å². The molecule has 3 aromatic carbocycles. The Morgan fingerprint density at radius 3 is 1.12 bits per heavy atom. The molecule has 0 heterocycles. The molecule has 166 valence electrons. The smallest absolute Gasteiger partial charge is 0.315 e. The summed E-state index contributed by atoms with van der Waals surface area (Å²) < 4.78 is 10.0. The highest BCUT2D eigenvalue weighted by atomic mass is 16.5. The lowest BCUT2D eigenvalue weighted by atomic mass is 10.1. The van der Waals surface area contributed by atoms with Gasteiger partial charge in [-0.25, -0.2) is 0 Å². The predicted octanol–water partition coefficient (Wildman–Crippen LogP) is 2.22. The monoisotopic (exact) mass is 442 g/mol. The highest BCUT2D eigenvalue weighted by molar-refractivity contribution is 5.77. The fourth-order valence-corrected chi connectivity index (χ4v) is 2.72. The lowest BCUT2D eigenvalue weighted by Gasteiger charge is -2.08. The van der Waals surface area contributed by atoms with Gasteiger partial charge in [-0.1, -0.05) is 24.3 Å². The fourth-order valence-electron chi connectivity index (χ4n) is 2.72. The third kappa shape index (κ3) is 5.30. The molecule has 0 saturated carbocycles. The van der Waals surface area contributed by atoms with Crippen molar-refractivity contribution in [1.29, 1.82) is 0 Å². The highest BCUT2D eigenvalue weighted by Crippen LogP contribution is 2.39. The third-order valence-electron chi connectivity index (χ3n) is 4.27. The molecular weight excluding hydrogens is 424 g/mol. The van der Waals surface area contributed by atoms with E-state index in [9.17, 15) is 40.2 Å². The zero-order chi connectivity index (χ0) is 23.4. The van der Waals surface area contributed by atoms with E-state index in [1.54, 1.807) is 24.3 Å². The van der Waals surface area contributed by atoms with Gasteiger partial charge in [0.15, 0.2) is 23.0 Å². The van der Waals surface area contributed by atoms with E-state index in [1.807, 2.05) is 0 Å². The largest absolute Gasteiger partial charge is 0.504 e. The first-order valence-electron chi connectivity index (χ1n) is 9.11. The van der Waals surface area contributed by atoms with Crippen molar-refractivity contribution in [3.63, 3.8) is 0 Å². The lowest BCUT2D eigenvalue weighted by molar-refractivity contribution is -0.134. The molecule has 3 rings (SSSR count). The molecule has 3 aromatic rings. The van der Waals surface area contributed by atoms with Crippen LogP contribution in [0.25, 0.3) is 0 Å². The van der Waals surface area contributed by atoms with Gasteiger partial charge in [-0.3, -0.25) is 9.59 Å². The van der Waals surface area contributed by atoms with E-state index in [2.05, 4.69) is 0 Å². The van der Waals surface area contributed by atoms with E-state index in [0.29, 0.717) is 11.1 Å². The van der Waals surface area contributed by atoms with Crippen molar-refractivity contribution in [2.45, 2.75) is 12.8 Å². The topological polar surface area (TPSA) is 174 Å². The molecule has 0 unspecified atom stereocenters. The summed E-state index contributed by atoms with van der Waals surface area (Å²) in [5.74, 6) is -5.66. The maximum atomic E-state index is 12.1. The summed E-state index contributed by atoms with van der Waals surface area (Å²) in [5.41, 5.74) is 1.13. The molecule has 0 aliphatic carbocycles. The lowest BCUT2D eigenvalue weighted by Crippen LogP contribution is -2.12. The second-order valence-electron chi connectivity index (χ2n) is 6.74. The number of phenols is 6. The maximum Gasteiger partial charge on any atom is 0.315 e. The quantitative estimate of drug-likeness (QED) is 0.189. The van der Waals surface area contributed by atoms with Crippen molar-refractivity contribution in [3.05, 3.63) is 59.7 Å². The molecule has 0 aliphatic heterocycles. The summed E-state index contributed by atoms with van der Waals surface area (Å²) >= 11 is 0. The van der Waals surface area contributed by atoms with Crippen LogP contribution in [0.4, 0.5) is 0 Å². The predicted molar refractivity (Wildman–Crippen MR) is 108 cm³/mol. The van der Waals surface area contributed by atoms with Crippen LogP contribution in [0.5, 0.6) is 46.0 Å². The zero-order valence-corrected chi connectivity index (χ0v) is 16.3. The van der Waals surface area contributed by atoms with Crippen molar-refractivity contribution in [3.8, 4) is 46.0 Å². The van der Waals surface area contributed by atoms with Crippen molar-refractivity contribution < 1.29 is 49.7 Å². The first kappa shape index (κ1) is 22.1. The Morgan fingerprint density at radius 2 is 0.844 bits per heavy atom. The fraction of sp³-hybridized carbons (Fsp3) is 0.0909. The van der Waals surface area contributed by atoms with Crippen LogP contribution in [-0.4, -0.2) is 42.6 Å². The summed E-state index contributed by atoms with van der Waals surface area (Å²) in [4.78, 5) is 24.1. The summed E-state index contributed by atoms with van der Waals surface area (Å²) in [6, 6.07) is 10.3. The van der Waals surface area contributed by atoms with Crippen LogP contribution in [0, 0.1) is 0 Å². The summed E-state index contributed by atoms with van der Waals surface area (Å²) in [5, 5.41) is 56.4. The van der Waals surface area contributed by atoms with Crippen molar-refractivity contribution in [1.82, 2.24) is 0 Å². The van der Waals surface area contributed by atoms with E-state index in [1.165, 1.54) is 0 Å². The van der Waals surface area contributed by atoms with Gasteiger partial charge in [-0.15, -0.1) is 0 Å². The van der Waals surface area contributed by atoms with E-state index in [-0.39, 0.29) is 24.3 Å². The van der Waals surface area contributed by atoms with Gasteiger partial charge in [0.2, 0.25) is 11.5 Å². The first-order valence-corrected chi connectivity index (χ1v) is 9.11. The minimum atomic E-state index is -0.724. The molecule has 0 radical (unpaired) electrons. The molecule has 0 atom stereocenters. The van der Waals surface area contributed by atoms with E-state index >= 15 is 0 Å². The molecular formula is C22H18O10. The molecule has 10 nitrogen and oxygen atoms in total. The SMILES string of the molecule is O=C(Cc1ccc(CC(=O)Oc2cc(O)c(O)c(O)c2)cc1)Oc1cc(O)c(O)c(O)c1. The third-order valence-corrected chi connectivity index (χ3v) is 4.27. The Kier molecular flexibility index (Phi) is 6.24. The Labute approximate surface area is 180 Å². The average Bonchev–Trinajstić information content (AvgIpc) is 2.71. The molecule has 0 aromatic heterocycles. The van der Waals surface area contributed by atoms with E-state index in [4.69, 9.17) is 9.47 Å².